The maximum absolute atomic E-state index is 12.5. The van der Waals surface area contributed by atoms with Gasteiger partial charge in [-0.3, -0.25) is 9.59 Å². The number of aliphatic hydroxyl groups excluding tert-OH is 2. The average Bonchev–Trinajstić information content (AvgIpc) is 3.46. The lowest BCUT2D eigenvalue weighted by atomic mass is 10.0. The summed E-state index contributed by atoms with van der Waals surface area (Å²) in [6.45, 7) is 4.95. The van der Waals surface area contributed by atoms with Gasteiger partial charge < -0.3 is 20.3 Å². The van der Waals surface area contributed by atoms with Crippen molar-refractivity contribution >= 4 is 11.9 Å². The lowest BCUT2D eigenvalue weighted by Crippen LogP contribution is -2.45. The zero-order chi connectivity index (χ0) is 57.8. The zero-order valence-corrected chi connectivity index (χ0v) is 54.3. The highest BCUT2D eigenvalue weighted by Crippen LogP contribution is 2.19. The molecule has 80 heavy (non-hydrogen) atoms. The second kappa shape index (κ2) is 69.8. The van der Waals surface area contributed by atoms with Crippen molar-refractivity contribution in [2.45, 2.75) is 424 Å². The highest BCUT2D eigenvalue weighted by atomic mass is 16.5. The Labute approximate surface area is 501 Å². The number of esters is 1. The van der Waals surface area contributed by atoms with E-state index >= 15 is 0 Å². The van der Waals surface area contributed by atoms with Crippen molar-refractivity contribution in [2.24, 2.45) is 0 Å². The van der Waals surface area contributed by atoms with Crippen LogP contribution in [0, 0.1) is 0 Å². The van der Waals surface area contributed by atoms with Crippen molar-refractivity contribution in [3.63, 3.8) is 0 Å². The first-order chi connectivity index (χ1) is 39.5. The van der Waals surface area contributed by atoms with Gasteiger partial charge in [0.15, 0.2) is 0 Å². The molecule has 6 nitrogen and oxygen atoms in total. The fourth-order valence-corrected chi connectivity index (χ4v) is 11.7. The molecule has 0 fully saturated rings. The van der Waals surface area contributed by atoms with Crippen LogP contribution in [-0.2, 0) is 14.3 Å². The third kappa shape index (κ3) is 65.5. The van der Waals surface area contributed by atoms with E-state index in [0.29, 0.717) is 25.9 Å². The van der Waals surface area contributed by atoms with E-state index in [1.165, 1.54) is 327 Å². The van der Waals surface area contributed by atoms with E-state index in [-0.39, 0.29) is 18.5 Å². The molecule has 2 unspecified atom stereocenters. The van der Waals surface area contributed by atoms with E-state index in [0.717, 1.165) is 51.4 Å². The number of nitrogens with one attached hydrogen (secondary N) is 1. The fourth-order valence-electron chi connectivity index (χ4n) is 11.7. The number of unbranched alkanes of at least 4 members (excludes halogenated alkanes) is 54. The summed E-state index contributed by atoms with van der Waals surface area (Å²) >= 11 is 0. The number of hydrogen-bond acceptors (Lipinski definition) is 5. The van der Waals surface area contributed by atoms with Crippen molar-refractivity contribution in [2.75, 3.05) is 13.2 Å². The van der Waals surface area contributed by atoms with Crippen LogP contribution < -0.4 is 5.32 Å². The molecule has 0 heterocycles. The van der Waals surface area contributed by atoms with E-state index in [1.807, 2.05) is 0 Å². The number of ether oxygens (including phenoxy) is 1. The summed E-state index contributed by atoms with van der Waals surface area (Å²) in [5.41, 5.74) is 0. The Morgan fingerprint density at radius 1 is 0.350 bits per heavy atom. The maximum atomic E-state index is 12.5. The molecule has 0 radical (unpaired) electrons. The normalized spacial score (nSPS) is 12.6. The zero-order valence-electron chi connectivity index (χ0n) is 54.3. The van der Waals surface area contributed by atoms with Crippen LogP contribution in [0.15, 0.2) is 24.3 Å². The maximum Gasteiger partial charge on any atom is 0.305 e. The van der Waals surface area contributed by atoms with Crippen LogP contribution >= 0.6 is 0 Å². The number of carbonyl (C=O) groups is 2. The van der Waals surface area contributed by atoms with Crippen molar-refractivity contribution in [1.29, 1.82) is 0 Å². The topological polar surface area (TPSA) is 95.9 Å². The Kier molecular flexibility index (Phi) is 68.4. The predicted molar refractivity (Wildman–Crippen MR) is 352 cm³/mol. The number of hydrogen-bond donors (Lipinski definition) is 3. The van der Waals surface area contributed by atoms with Crippen LogP contribution in [0.25, 0.3) is 0 Å². The molecule has 2 atom stereocenters. The largest absolute Gasteiger partial charge is 0.466 e. The first-order valence-corrected chi connectivity index (χ1v) is 36.6. The van der Waals surface area contributed by atoms with Gasteiger partial charge in [0, 0.05) is 12.8 Å². The summed E-state index contributed by atoms with van der Waals surface area (Å²) in [6.07, 6.45) is 88.3. The van der Waals surface area contributed by atoms with Crippen molar-refractivity contribution in [1.82, 2.24) is 5.32 Å². The average molecular weight is 1130 g/mol. The summed E-state index contributed by atoms with van der Waals surface area (Å²) in [6, 6.07) is -0.535. The first kappa shape index (κ1) is 78.3. The van der Waals surface area contributed by atoms with Gasteiger partial charge >= 0.3 is 5.97 Å². The van der Waals surface area contributed by atoms with Crippen LogP contribution in [0.4, 0.5) is 0 Å². The van der Waals surface area contributed by atoms with Gasteiger partial charge in [0.1, 0.15) is 0 Å². The molecular weight excluding hydrogens is 983 g/mol. The van der Waals surface area contributed by atoms with Gasteiger partial charge in [-0.25, -0.2) is 0 Å². The number of allylic oxidation sites excluding steroid dienone is 4. The minimum Gasteiger partial charge on any atom is -0.466 e. The second-order valence-electron chi connectivity index (χ2n) is 25.3. The lowest BCUT2D eigenvalue weighted by Gasteiger charge is -2.22. The molecule has 0 aliphatic heterocycles. The molecule has 0 bridgehead atoms. The predicted octanol–water partition coefficient (Wildman–Crippen LogP) is 23.7. The molecule has 0 aliphatic rings. The molecule has 0 spiro atoms. The highest BCUT2D eigenvalue weighted by molar-refractivity contribution is 5.76. The molecule has 1 amide bonds. The molecule has 0 aromatic heterocycles. The van der Waals surface area contributed by atoms with Gasteiger partial charge in [0.25, 0.3) is 0 Å². The van der Waals surface area contributed by atoms with Gasteiger partial charge in [0.05, 0.1) is 25.4 Å². The summed E-state index contributed by atoms with van der Waals surface area (Å²) in [7, 11) is 0. The van der Waals surface area contributed by atoms with Crippen molar-refractivity contribution < 1.29 is 24.5 Å². The summed E-state index contributed by atoms with van der Waals surface area (Å²) < 4.78 is 5.51. The molecule has 0 saturated heterocycles. The summed E-state index contributed by atoms with van der Waals surface area (Å²) in [5, 5.41) is 23.2. The number of amides is 1. The Hall–Kier alpha value is -1.66. The van der Waals surface area contributed by atoms with Crippen LogP contribution in [0.2, 0.25) is 0 Å². The van der Waals surface area contributed by atoms with Gasteiger partial charge in [0.2, 0.25) is 5.91 Å². The van der Waals surface area contributed by atoms with Crippen LogP contribution in [0.5, 0.6) is 0 Å². The monoisotopic (exact) mass is 1130 g/mol. The van der Waals surface area contributed by atoms with Gasteiger partial charge in [-0.05, 0) is 57.8 Å². The molecule has 0 saturated carbocycles. The van der Waals surface area contributed by atoms with Gasteiger partial charge in [-0.1, -0.05) is 366 Å². The molecule has 0 aromatic carbocycles. The molecule has 474 valence electrons. The van der Waals surface area contributed by atoms with E-state index in [2.05, 4.69) is 43.5 Å². The van der Waals surface area contributed by atoms with Gasteiger partial charge in [-0.15, -0.1) is 0 Å². The molecule has 0 aliphatic carbocycles. The summed E-state index contributed by atoms with van der Waals surface area (Å²) in [4.78, 5) is 24.6. The standard InChI is InChI=1S/C74H143NO5/c1-3-5-7-9-11-13-15-16-17-18-39-42-45-48-52-56-60-64-68-74(79)80-69-65-61-57-53-49-46-43-40-37-35-33-31-29-27-25-23-21-19-20-22-24-26-28-30-32-34-36-38-41-44-47-51-55-59-63-67-73(78)75-71(70-76)72(77)66-62-58-54-50-14-12-10-8-6-4-2/h13,15,17-18,71-72,76-77H,3-12,14,16,19-70H2,1-2H3,(H,75,78)/b15-13-,18-17-. The van der Waals surface area contributed by atoms with Gasteiger partial charge in [-0.2, -0.15) is 0 Å². The smallest absolute Gasteiger partial charge is 0.305 e. The van der Waals surface area contributed by atoms with E-state index < -0.39 is 12.1 Å². The van der Waals surface area contributed by atoms with Crippen LogP contribution in [0.3, 0.4) is 0 Å². The van der Waals surface area contributed by atoms with E-state index in [4.69, 9.17) is 4.74 Å². The third-order valence-electron chi connectivity index (χ3n) is 17.3. The van der Waals surface area contributed by atoms with E-state index in [9.17, 15) is 19.8 Å². The van der Waals surface area contributed by atoms with Crippen molar-refractivity contribution in [3.05, 3.63) is 24.3 Å². The molecular formula is C74H143NO5. The third-order valence-corrected chi connectivity index (χ3v) is 17.3. The Bertz CT molecular complexity index is 1250. The second-order valence-corrected chi connectivity index (χ2v) is 25.3. The quantitative estimate of drug-likeness (QED) is 0.0320. The van der Waals surface area contributed by atoms with Crippen LogP contribution in [0.1, 0.15) is 412 Å². The molecule has 6 heteroatoms. The Morgan fingerprint density at radius 2 is 0.625 bits per heavy atom. The van der Waals surface area contributed by atoms with E-state index in [1.54, 1.807) is 0 Å². The van der Waals surface area contributed by atoms with Crippen molar-refractivity contribution in [3.8, 4) is 0 Å². The lowest BCUT2D eigenvalue weighted by molar-refractivity contribution is -0.143. The SMILES string of the molecule is CCCCCC/C=C\C/C=C\CCCCCCCCCC(=O)OCCCCCCCCCCCCCCCCCCCCCCCCCCCCCCCCCCCCCC(=O)NC(CO)C(O)CCCCCCCCCCCC. The van der Waals surface area contributed by atoms with Crippen LogP contribution in [-0.4, -0.2) is 47.4 Å². The Balaban J connectivity index is 3.27. The number of rotatable bonds is 69. The minimum atomic E-state index is -0.658. The minimum absolute atomic E-state index is 0.0158. The summed E-state index contributed by atoms with van der Waals surface area (Å²) in [5.74, 6) is -0.0135. The number of aliphatic hydroxyl groups is 2. The fraction of sp³-hybridized carbons (Fsp3) is 0.919. The molecule has 0 rings (SSSR count). The molecule has 0 aromatic rings. The number of carbonyl (C=O) groups excluding carboxylic acids is 2. The Morgan fingerprint density at radius 3 is 0.963 bits per heavy atom. The highest BCUT2D eigenvalue weighted by Gasteiger charge is 2.20. The molecule has 3 N–H and O–H groups in total. The first-order valence-electron chi connectivity index (χ1n) is 36.6.